The molecule has 0 unspecified atom stereocenters. The molecule has 0 radical (unpaired) electrons. The van der Waals surface area contributed by atoms with Crippen molar-refractivity contribution in [2.24, 2.45) is 17.8 Å². The van der Waals surface area contributed by atoms with E-state index in [1.165, 1.54) is 55.5 Å². The number of esters is 2. The van der Waals surface area contributed by atoms with Gasteiger partial charge in [0.1, 0.15) is 6.10 Å². The molecule has 9 nitrogen and oxygen atoms in total. The van der Waals surface area contributed by atoms with Crippen molar-refractivity contribution in [3.05, 3.63) is 71.8 Å². The molecule has 11 heteroatoms. The first-order chi connectivity index (χ1) is 20.7. The van der Waals surface area contributed by atoms with Crippen molar-refractivity contribution < 1.29 is 40.6 Å². The molecule has 4 rings (SSSR count). The number of ether oxygens (including phenoxy) is 3. The first kappa shape index (κ1) is 33.9. The third-order valence-corrected chi connectivity index (χ3v) is 13.8. The average molecular weight is 647 g/mol. The Morgan fingerprint density at radius 1 is 0.909 bits per heavy atom. The summed E-state index contributed by atoms with van der Waals surface area (Å²) in [6.07, 6.45) is -0.131. The number of sulfone groups is 2. The zero-order valence-electron chi connectivity index (χ0n) is 25.8. The predicted octanol–water partition coefficient (Wildman–Crippen LogP) is 5.65. The predicted molar refractivity (Wildman–Crippen MR) is 165 cm³/mol. The summed E-state index contributed by atoms with van der Waals surface area (Å²) in [4.78, 5) is 25.1. The molecule has 240 valence electrons. The molecule has 0 aromatic heterocycles. The van der Waals surface area contributed by atoms with Gasteiger partial charge in [-0.2, -0.15) is 0 Å². The van der Waals surface area contributed by atoms with E-state index in [2.05, 4.69) is 20.8 Å². The molecule has 0 saturated heterocycles. The average Bonchev–Trinajstić information content (AvgIpc) is 3.24. The summed E-state index contributed by atoms with van der Waals surface area (Å²) < 4.78 is 70.9. The van der Waals surface area contributed by atoms with E-state index in [0.29, 0.717) is 17.4 Å². The van der Waals surface area contributed by atoms with Gasteiger partial charge in [-0.1, -0.05) is 63.6 Å². The van der Waals surface area contributed by atoms with Crippen LogP contribution in [0, 0.1) is 17.8 Å². The van der Waals surface area contributed by atoms with Gasteiger partial charge >= 0.3 is 11.9 Å². The highest BCUT2D eigenvalue weighted by molar-refractivity contribution is 8.09. The van der Waals surface area contributed by atoms with E-state index in [1.54, 1.807) is 19.1 Å². The Bertz CT molecular complexity index is 1500. The Balaban J connectivity index is 1.67. The molecule has 1 aliphatic heterocycles. The molecule has 0 amide bonds. The molecule has 44 heavy (non-hydrogen) atoms. The third-order valence-electron chi connectivity index (χ3n) is 8.60. The summed E-state index contributed by atoms with van der Waals surface area (Å²) in [6.45, 7) is 9.30. The van der Waals surface area contributed by atoms with Crippen molar-refractivity contribution in [1.29, 1.82) is 0 Å². The van der Waals surface area contributed by atoms with Crippen LogP contribution in [0.25, 0.3) is 0 Å². The molecule has 1 fully saturated rings. The molecule has 1 aliphatic carbocycles. The summed E-state index contributed by atoms with van der Waals surface area (Å²) in [6, 6.07) is 14.7. The SMILES string of the molecule is CC(=O)O[C@H](CCC(S(=O)(=O)c1ccccc1)S(=O)(=O)c1ccccc1)C1=C(C)[C@H](O[C@@H]2C[C@H](C)CC[C@H]2C(C)C)OC1=O. The van der Waals surface area contributed by atoms with Gasteiger partial charge in [0.25, 0.3) is 0 Å². The third kappa shape index (κ3) is 7.43. The van der Waals surface area contributed by atoms with E-state index < -0.39 is 55.0 Å². The number of hydrogen-bond acceptors (Lipinski definition) is 9. The number of carbonyl (C=O) groups excluding carboxylic acids is 2. The van der Waals surface area contributed by atoms with Gasteiger partial charge in [-0.15, -0.1) is 0 Å². The summed E-state index contributed by atoms with van der Waals surface area (Å²) >= 11 is 0. The lowest BCUT2D eigenvalue weighted by atomic mass is 9.75. The summed E-state index contributed by atoms with van der Waals surface area (Å²) in [5.41, 5.74) is 0.471. The molecule has 5 atom stereocenters. The summed E-state index contributed by atoms with van der Waals surface area (Å²) in [5.74, 6) is -0.325. The highest BCUT2D eigenvalue weighted by Gasteiger charge is 2.44. The van der Waals surface area contributed by atoms with Crippen LogP contribution in [0.3, 0.4) is 0 Å². The molecule has 2 aromatic rings. The van der Waals surface area contributed by atoms with Crippen LogP contribution in [0.4, 0.5) is 0 Å². The minimum atomic E-state index is -4.42. The molecule has 0 spiro atoms. The van der Waals surface area contributed by atoms with Gasteiger partial charge in [0.2, 0.25) is 6.29 Å². The van der Waals surface area contributed by atoms with Crippen molar-refractivity contribution in [2.45, 2.75) is 99.6 Å². The maximum Gasteiger partial charge on any atom is 0.340 e. The standard InChI is InChI=1S/C33H42O9S2/c1-21(2)27-17-16-22(3)20-29(27)41-33-23(4)31(32(35)42-33)28(40-24(5)34)18-19-30(43(36,37)25-12-8-6-9-13-25)44(38,39)26-14-10-7-11-15-26/h6-15,21-22,27-30,33H,16-20H2,1-5H3/t22-,27+,28-,29-,33-/m1/s1. The second-order valence-corrected chi connectivity index (χ2v) is 16.7. The minimum Gasteiger partial charge on any atom is -0.457 e. The van der Waals surface area contributed by atoms with E-state index in [9.17, 15) is 26.4 Å². The first-order valence-electron chi connectivity index (χ1n) is 15.1. The van der Waals surface area contributed by atoms with Crippen LogP contribution < -0.4 is 0 Å². The molecule has 0 bridgehead atoms. The zero-order chi connectivity index (χ0) is 32.2. The van der Waals surface area contributed by atoms with Crippen molar-refractivity contribution in [3.63, 3.8) is 0 Å². The highest BCUT2D eigenvalue weighted by atomic mass is 32.3. The van der Waals surface area contributed by atoms with Gasteiger partial charge in [-0.25, -0.2) is 21.6 Å². The van der Waals surface area contributed by atoms with Crippen LogP contribution in [0.15, 0.2) is 81.6 Å². The van der Waals surface area contributed by atoms with Crippen LogP contribution >= 0.6 is 0 Å². The summed E-state index contributed by atoms with van der Waals surface area (Å²) in [7, 11) is -8.83. The number of rotatable bonds is 12. The topological polar surface area (TPSA) is 130 Å². The second kappa shape index (κ2) is 14.0. The number of hydrogen-bond donors (Lipinski definition) is 0. The summed E-state index contributed by atoms with van der Waals surface area (Å²) in [5, 5.41) is 0. The van der Waals surface area contributed by atoms with Crippen LogP contribution in [0.1, 0.15) is 66.7 Å². The monoisotopic (exact) mass is 646 g/mol. The quantitative estimate of drug-likeness (QED) is 0.269. The lowest BCUT2D eigenvalue weighted by Crippen LogP contribution is -2.37. The van der Waals surface area contributed by atoms with Crippen LogP contribution in [-0.4, -0.2) is 51.9 Å². The van der Waals surface area contributed by atoms with Gasteiger partial charge in [-0.05, 0) is 74.6 Å². The Labute approximate surface area is 260 Å². The number of benzene rings is 2. The highest BCUT2D eigenvalue weighted by Crippen LogP contribution is 2.39. The fraction of sp³-hybridized carbons (Fsp3) is 0.515. The van der Waals surface area contributed by atoms with Gasteiger partial charge in [0.15, 0.2) is 24.3 Å². The van der Waals surface area contributed by atoms with E-state index in [-0.39, 0.29) is 33.8 Å². The smallest absolute Gasteiger partial charge is 0.340 e. The van der Waals surface area contributed by atoms with Gasteiger partial charge in [0.05, 0.1) is 21.5 Å². The fourth-order valence-corrected chi connectivity index (χ4v) is 10.8. The lowest BCUT2D eigenvalue weighted by molar-refractivity contribution is -0.181. The van der Waals surface area contributed by atoms with E-state index in [4.69, 9.17) is 14.2 Å². The Hall–Kier alpha value is -3.02. The number of carbonyl (C=O) groups is 2. The normalized spacial score (nSPS) is 23.6. The Morgan fingerprint density at radius 3 is 1.95 bits per heavy atom. The molecular formula is C33H42O9S2. The molecule has 2 aromatic carbocycles. The molecular weight excluding hydrogens is 604 g/mol. The maximum absolute atomic E-state index is 13.8. The van der Waals surface area contributed by atoms with Gasteiger partial charge in [-0.3, -0.25) is 4.79 Å². The van der Waals surface area contributed by atoms with E-state index >= 15 is 0 Å². The minimum absolute atomic E-state index is 0.0446. The maximum atomic E-state index is 13.8. The van der Waals surface area contributed by atoms with Crippen molar-refractivity contribution in [1.82, 2.24) is 0 Å². The van der Waals surface area contributed by atoms with E-state index in [1.807, 2.05) is 0 Å². The van der Waals surface area contributed by atoms with Crippen LogP contribution in [-0.2, 0) is 43.5 Å². The van der Waals surface area contributed by atoms with Gasteiger partial charge in [0, 0.05) is 12.5 Å². The van der Waals surface area contributed by atoms with Crippen molar-refractivity contribution in [3.8, 4) is 0 Å². The molecule has 1 saturated carbocycles. The lowest BCUT2D eigenvalue weighted by Gasteiger charge is -2.38. The van der Waals surface area contributed by atoms with Crippen molar-refractivity contribution in [2.75, 3.05) is 0 Å². The Kier molecular flexibility index (Phi) is 10.7. The second-order valence-electron chi connectivity index (χ2n) is 12.2. The molecule has 1 heterocycles. The van der Waals surface area contributed by atoms with Gasteiger partial charge < -0.3 is 14.2 Å². The first-order valence-corrected chi connectivity index (χ1v) is 18.1. The fourth-order valence-electron chi connectivity index (χ4n) is 6.23. The van der Waals surface area contributed by atoms with Crippen LogP contribution in [0.2, 0.25) is 0 Å². The largest absolute Gasteiger partial charge is 0.457 e. The molecule has 2 aliphatic rings. The number of cyclic esters (lactones) is 1. The molecule has 0 N–H and O–H groups in total. The Morgan fingerprint density at radius 2 is 1.45 bits per heavy atom. The van der Waals surface area contributed by atoms with Crippen LogP contribution in [0.5, 0.6) is 0 Å². The zero-order valence-corrected chi connectivity index (χ0v) is 27.5. The van der Waals surface area contributed by atoms with Crippen molar-refractivity contribution >= 4 is 31.6 Å². The van der Waals surface area contributed by atoms with E-state index in [0.717, 1.165) is 19.3 Å².